The number of halogens is 1. The number of methoxy groups -OCH3 is 1. The zero-order chi connectivity index (χ0) is 12.1. The van der Waals surface area contributed by atoms with Gasteiger partial charge in [-0.25, -0.2) is 4.79 Å². The van der Waals surface area contributed by atoms with Gasteiger partial charge in [0.25, 0.3) is 0 Å². The van der Waals surface area contributed by atoms with E-state index in [1.165, 1.54) is 19.2 Å². The van der Waals surface area contributed by atoms with Gasteiger partial charge in [0.15, 0.2) is 0 Å². The van der Waals surface area contributed by atoms with Crippen molar-refractivity contribution < 1.29 is 19.1 Å². The number of carbonyl (C=O) groups is 2. The van der Waals surface area contributed by atoms with Crippen LogP contribution in [0.1, 0.15) is 27.6 Å². The normalized spacial score (nSPS) is 9.69. The van der Waals surface area contributed by atoms with Gasteiger partial charge in [-0.05, 0) is 19.1 Å². The number of carbonyl (C=O) groups excluding carboxylic acids is 2. The minimum absolute atomic E-state index is 0.136. The molecule has 16 heavy (non-hydrogen) atoms. The fourth-order valence-electron chi connectivity index (χ4n) is 1.23. The SMILES string of the molecule is CCOC(=O)c1c(Cl)cc(C=O)cc1OC. The molecule has 0 unspecified atom stereocenters. The van der Waals surface area contributed by atoms with Crippen molar-refractivity contribution in [3.8, 4) is 5.75 Å². The fraction of sp³-hybridized carbons (Fsp3) is 0.273. The number of ether oxygens (including phenoxy) is 2. The first-order valence-electron chi connectivity index (χ1n) is 4.63. The van der Waals surface area contributed by atoms with E-state index in [4.69, 9.17) is 21.1 Å². The number of rotatable bonds is 4. The lowest BCUT2D eigenvalue weighted by Gasteiger charge is -2.10. The summed E-state index contributed by atoms with van der Waals surface area (Å²) in [6.45, 7) is 1.94. The number of hydrogen-bond acceptors (Lipinski definition) is 4. The number of aldehydes is 1. The van der Waals surface area contributed by atoms with Crippen molar-refractivity contribution in [1.29, 1.82) is 0 Å². The van der Waals surface area contributed by atoms with E-state index in [-0.39, 0.29) is 22.9 Å². The van der Waals surface area contributed by atoms with Crippen molar-refractivity contribution in [3.05, 3.63) is 28.3 Å². The van der Waals surface area contributed by atoms with Gasteiger partial charge in [0, 0.05) is 5.56 Å². The van der Waals surface area contributed by atoms with E-state index in [9.17, 15) is 9.59 Å². The van der Waals surface area contributed by atoms with Gasteiger partial charge < -0.3 is 9.47 Å². The monoisotopic (exact) mass is 242 g/mol. The Hall–Kier alpha value is -1.55. The van der Waals surface area contributed by atoms with E-state index in [1.54, 1.807) is 6.92 Å². The third kappa shape index (κ3) is 2.52. The summed E-state index contributed by atoms with van der Waals surface area (Å²) in [7, 11) is 1.39. The van der Waals surface area contributed by atoms with Crippen LogP contribution in [0.5, 0.6) is 5.75 Å². The largest absolute Gasteiger partial charge is 0.496 e. The molecule has 1 aromatic carbocycles. The van der Waals surface area contributed by atoms with Gasteiger partial charge in [-0.15, -0.1) is 0 Å². The predicted molar refractivity (Wildman–Crippen MR) is 59.3 cm³/mol. The summed E-state index contributed by atoms with van der Waals surface area (Å²) in [5, 5.41) is 0.139. The summed E-state index contributed by atoms with van der Waals surface area (Å²) in [6, 6.07) is 2.83. The number of benzene rings is 1. The highest BCUT2D eigenvalue weighted by atomic mass is 35.5. The molecule has 0 heterocycles. The van der Waals surface area contributed by atoms with Crippen LogP contribution in [0.25, 0.3) is 0 Å². The molecule has 0 atom stereocenters. The molecule has 0 bridgehead atoms. The summed E-state index contributed by atoms with van der Waals surface area (Å²) in [5.41, 5.74) is 0.478. The zero-order valence-corrected chi connectivity index (χ0v) is 9.71. The molecule has 0 aliphatic rings. The number of esters is 1. The third-order valence-electron chi connectivity index (χ3n) is 1.91. The quantitative estimate of drug-likeness (QED) is 0.601. The fourth-order valence-corrected chi connectivity index (χ4v) is 1.53. The maximum Gasteiger partial charge on any atom is 0.343 e. The molecule has 0 fully saturated rings. The van der Waals surface area contributed by atoms with Crippen LogP contribution in [0.3, 0.4) is 0 Å². The van der Waals surface area contributed by atoms with Gasteiger partial charge in [-0.3, -0.25) is 4.79 Å². The first-order valence-corrected chi connectivity index (χ1v) is 5.01. The third-order valence-corrected chi connectivity index (χ3v) is 2.21. The van der Waals surface area contributed by atoms with Gasteiger partial charge >= 0.3 is 5.97 Å². The maximum atomic E-state index is 11.6. The highest BCUT2D eigenvalue weighted by Gasteiger charge is 2.18. The van der Waals surface area contributed by atoms with Crippen LogP contribution in [-0.4, -0.2) is 26.0 Å². The Morgan fingerprint density at radius 1 is 1.50 bits per heavy atom. The molecule has 0 saturated heterocycles. The van der Waals surface area contributed by atoms with Crippen molar-refractivity contribution in [1.82, 2.24) is 0 Å². The predicted octanol–water partition coefficient (Wildman–Crippen LogP) is 2.34. The molecule has 1 rings (SSSR count). The second-order valence-corrected chi connectivity index (χ2v) is 3.33. The molecule has 0 amide bonds. The van der Waals surface area contributed by atoms with E-state index >= 15 is 0 Å². The van der Waals surface area contributed by atoms with Crippen molar-refractivity contribution in [2.24, 2.45) is 0 Å². The summed E-state index contributed by atoms with van der Waals surface area (Å²) >= 11 is 5.88. The molecule has 0 aromatic heterocycles. The lowest BCUT2D eigenvalue weighted by molar-refractivity contribution is 0.0522. The zero-order valence-electron chi connectivity index (χ0n) is 8.95. The first-order chi connectivity index (χ1) is 7.63. The summed E-state index contributed by atoms with van der Waals surface area (Å²) in [4.78, 5) is 22.2. The van der Waals surface area contributed by atoms with Crippen LogP contribution in [0.4, 0.5) is 0 Å². The molecule has 5 heteroatoms. The van der Waals surface area contributed by atoms with Crippen LogP contribution in [0.15, 0.2) is 12.1 Å². The smallest absolute Gasteiger partial charge is 0.343 e. The van der Waals surface area contributed by atoms with Gasteiger partial charge in [-0.2, -0.15) is 0 Å². The molecule has 0 spiro atoms. The Kier molecular flexibility index (Phi) is 4.31. The molecule has 86 valence electrons. The average Bonchev–Trinajstić information content (AvgIpc) is 2.27. The Labute approximate surface area is 98.1 Å². The molecule has 0 aliphatic carbocycles. The minimum atomic E-state index is -0.568. The van der Waals surface area contributed by atoms with Crippen molar-refractivity contribution in [2.75, 3.05) is 13.7 Å². The Bertz CT molecular complexity index is 415. The van der Waals surface area contributed by atoms with Gasteiger partial charge in [-0.1, -0.05) is 11.6 Å². The molecule has 0 aliphatic heterocycles. The molecular weight excluding hydrogens is 232 g/mol. The van der Waals surface area contributed by atoms with Gasteiger partial charge in [0.2, 0.25) is 0 Å². The van der Waals surface area contributed by atoms with Crippen LogP contribution in [0, 0.1) is 0 Å². The summed E-state index contributed by atoms with van der Waals surface area (Å²) < 4.78 is 9.83. The standard InChI is InChI=1S/C11H11ClO4/c1-3-16-11(14)10-8(12)4-7(6-13)5-9(10)15-2/h4-6H,3H2,1-2H3. The highest BCUT2D eigenvalue weighted by Crippen LogP contribution is 2.28. The molecule has 0 N–H and O–H groups in total. The molecule has 0 saturated carbocycles. The minimum Gasteiger partial charge on any atom is -0.496 e. The van der Waals surface area contributed by atoms with Crippen LogP contribution >= 0.6 is 11.6 Å². The topological polar surface area (TPSA) is 52.6 Å². The Balaban J connectivity index is 3.26. The van der Waals surface area contributed by atoms with E-state index in [0.29, 0.717) is 11.8 Å². The lowest BCUT2D eigenvalue weighted by atomic mass is 10.1. The van der Waals surface area contributed by atoms with E-state index in [1.807, 2.05) is 0 Å². The Morgan fingerprint density at radius 2 is 2.19 bits per heavy atom. The van der Waals surface area contributed by atoms with Gasteiger partial charge in [0.1, 0.15) is 17.6 Å². The van der Waals surface area contributed by atoms with Crippen LogP contribution in [0.2, 0.25) is 5.02 Å². The second-order valence-electron chi connectivity index (χ2n) is 2.92. The number of hydrogen-bond donors (Lipinski definition) is 0. The lowest BCUT2D eigenvalue weighted by Crippen LogP contribution is -2.08. The maximum absolute atomic E-state index is 11.6. The van der Waals surface area contributed by atoms with E-state index < -0.39 is 5.97 Å². The highest BCUT2D eigenvalue weighted by molar-refractivity contribution is 6.34. The molecule has 0 radical (unpaired) electrons. The average molecular weight is 243 g/mol. The van der Waals surface area contributed by atoms with Crippen molar-refractivity contribution in [2.45, 2.75) is 6.92 Å². The van der Waals surface area contributed by atoms with Crippen LogP contribution < -0.4 is 4.74 Å². The molecule has 4 nitrogen and oxygen atoms in total. The van der Waals surface area contributed by atoms with Gasteiger partial charge in [0.05, 0.1) is 18.7 Å². The summed E-state index contributed by atoms with van der Waals surface area (Å²) in [5.74, 6) is -0.338. The molecule has 1 aromatic rings. The first kappa shape index (κ1) is 12.5. The van der Waals surface area contributed by atoms with E-state index in [0.717, 1.165) is 0 Å². The van der Waals surface area contributed by atoms with Crippen LogP contribution in [-0.2, 0) is 4.74 Å². The second kappa shape index (κ2) is 5.51. The summed E-state index contributed by atoms with van der Waals surface area (Å²) in [6.07, 6.45) is 0.628. The van der Waals surface area contributed by atoms with E-state index in [2.05, 4.69) is 0 Å². The Morgan fingerprint density at radius 3 is 2.69 bits per heavy atom. The van der Waals surface area contributed by atoms with Crippen molar-refractivity contribution >= 4 is 23.9 Å². The van der Waals surface area contributed by atoms with Crippen molar-refractivity contribution in [3.63, 3.8) is 0 Å². The molecular formula is C11H11ClO4.